The maximum atomic E-state index is 13.1. The standard InChI is InChI=1S/C22H17ClN2O2/c23-16-8-6-14(7-9-16)20-17(12-24)22(25)27-19-11-15(10-18(26)21(19)20)13-4-2-1-3-5-13/h1-9,15,20H,10-11,25H2. The molecule has 0 spiro atoms. The number of benzene rings is 2. The second kappa shape index (κ2) is 6.94. The Bertz CT molecular complexity index is 1000. The average molecular weight is 377 g/mol. The molecule has 2 atom stereocenters. The van der Waals surface area contributed by atoms with Crippen LogP contribution in [-0.4, -0.2) is 5.78 Å². The molecular formula is C22H17ClN2O2. The summed E-state index contributed by atoms with van der Waals surface area (Å²) in [4.78, 5) is 13.1. The smallest absolute Gasteiger partial charge is 0.205 e. The third-order valence-electron chi connectivity index (χ3n) is 5.14. The Morgan fingerprint density at radius 2 is 1.74 bits per heavy atom. The molecule has 0 aromatic heterocycles. The third-order valence-corrected chi connectivity index (χ3v) is 5.39. The lowest BCUT2D eigenvalue weighted by atomic mass is 9.73. The topological polar surface area (TPSA) is 76.1 Å². The molecule has 0 saturated heterocycles. The Kier molecular flexibility index (Phi) is 4.47. The van der Waals surface area contributed by atoms with Gasteiger partial charge in [0, 0.05) is 23.4 Å². The van der Waals surface area contributed by atoms with Crippen LogP contribution >= 0.6 is 11.6 Å². The van der Waals surface area contributed by atoms with E-state index >= 15 is 0 Å². The first-order valence-corrected chi connectivity index (χ1v) is 9.10. The highest BCUT2D eigenvalue weighted by Crippen LogP contribution is 2.46. The number of halogens is 1. The number of ether oxygens (including phenoxy) is 1. The quantitative estimate of drug-likeness (QED) is 0.834. The van der Waals surface area contributed by atoms with Gasteiger partial charge in [0.1, 0.15) is 17.4 Å². The summed E-state index contributed by atoms with van der Waals surface area (Å²) in [5, 5.41) is 10.2. The van der Waals surface area contributed by atoms with E-state index in [1.807, 2.05) is 42.5 Å². The van der Waals surface area contributed by atoms with Crippen LogP contribution in [0.15, 0.2) is 77.4 Å². The van der Waals surface area contributed by atoms with Gasteiger partial charge >= 0.3 is 0 Å². The molecule has 0 saturated carbocycles. The number of Topliss-reactive ketones (excluding diaryl/α,β-unsaturated/α-hetero) is 1. The van der Waals surface area contributed by atoms with Crippen LogP contribution in [0.3, 0.4) is 0 Å². The molecule has 0 amide bonds. The van der Waals surface area contributed by atoms with Gasteiger partial charge in [-0.3, -0.25) is 4.79 Å². The van der Waals surface area contributed by atoms with E-state index in [4.69, 9.17) is 22.1 Å². The number of hydrogen-bond donors (Lipinski definition) is 1. The van der Waals surface area contributed by atoms with E-state index in [2.05, 4.69) is 6.07 Å². The second-order valence-electron chi connectivity index (χ2n) is 6.75. The van der Waals surface area contributed by atoms with E-state index in [9.17, 15) is 10.1 Å². The molecule has 1 aliphatic carbocycles. The highest BCUT2D eigenvalue weighted by Gasteiger charge is 2.40. The van der Waals surface area contributed by atoms with Crippen molar-refractivity contribution in [1.29, 1.82) is 5.26 Å². The van der Waals surface area contributed by atoms with Gasteiger partial charge in [-0.15, -0.1) is 0 Å². The Labute approximate surface area is 162 Å². The number of nitrogens with zero attached hydrogens (tertiary/aromatic N) is 1. The lowest BCUT2D eigenvalue weighted by molar-refractivity contribution is -0.117. The minimum absolute atomic E-state index is 0.00898. The van der Waals surface area contributed by atoms with E-state index in [1.54, 1.807) is 12.1 Å². The van der Waals surface area contributed by atoms with Gasteiger partial charge < -0.3 is 10.5 Å². The van der Waals surface area contributed by atoms with Crippen LogP contribution in [0.4, 0.5) is 0 Å². The van der Waals surface area contributed by atoms with E-state index in [0.717, 1.165) is 11.1 Å². The van der Waals surface area contributed by atoms with E-state index < -0.39 is 5.92 Å². The Morgan fingerprint density at radius 1 is 1.04 bits per heavy atom. The van der Waals surface area contributed by atoms with Gasteiger partial charge in [-0.1, -0.05) is 54.1 Å². The lowest BCUT2D eigenvalue weighted by Crippen LogP contribution is -2.29. The molecule has 5 heteroatoms. The van der Waals surface area contributed by atoms with Crippen LogP contribution in [0.5, 0.6) is 0 Å². The zero-order valence-electron chi connectivity index (χ0n) is 14.5. The fourth-order valence-electron chi connectivity index (χ4n) is 3.86. The first-order chi connectivity index (χ1) is 13.1. The molecule has 0 fully saturated rings. The first kappa shape index (κ1) is 17.4. The van der Waals surface area contributed by atoms with E-state index in [0.29, 0.717) is 29.2 Å². The summed E-state index contributed by atoms with van der Waals surface area (Å²) in [7, 11) is 0. The van der Waals surface area contributed by atoms with Crippen molar-refractivity contribution in [3.63, 3.8) is 0 Å². The molecule has 4 rings (SSSR count). The first-order valence-electron chi connectivity index (χ1n) is 8.72. The summed E-state index contributed by atoms with van der Waals surface area (Å²) >= 11 is 6.00. The molecule has 2 N–H and O–H groups in total. The van der Waals surface area contributed by atoms with Gasteiger partial charge in [-0.05, 0) is 29.2 Å². The normalized spacial score (nSPS) is 22.1. The van der Waals surface area contributed by atoms with E-state index in [1.165, 1.54) is 0 Å². The highest BCUT2D eigenvalue weighted by atomic mass is 35.5. The Morgan fingerprint density at radius 3 is 2.41 bits per heavy atom. The SMILES string of the molecule is N#CC1=C(N)OC2=C(C(=O)CC(c3ccccc3)C2)C1c1ccc(Cl)cc1. The van der Waals surface area contributed by atoms with Crippen molar-refractivity contribution in [2.24, 2.45) is 5.73 Å². The minimum atomic E-state index is -0.514. The zero-order chi connectivity index (χ0) is 19.0. The van der Waals surface area contributed by atoms with Crippen molar-refractivity contribution in [2.45, 2.75) is 24.7 Å². The maximum Gasteiger partial charge on any atom is 0.205 e. The monoisotopic (exact) mass is 376 g/mol. The lowest BCUT2D eigenvalue weighted by Gasteiger charge is -2.34. The molecule has 134 valence electrons. The van der Waals surface area contributed by atoms with Crippen molar-refractivity contribution < 1.29 is 9.53 Å². The molecule has 1 aliphatic heterocycles. The molecule has 2 unspecified atom stereocenters. The summed E-state index contributed by atoms with van der Waals surface area (Å²) in [5.74, 6) is 0.152. The number of carbonyl (C=O) groups excluding carboxylic acids is 1. The molecule has 2 aromatic rings. The summed E-state index contributed by atoms with van der Waals surface area (Å²) in [6, 6.07) is 19.2. The van der Waals surface area contributed by atoms with Gasteiger partial charge in [0.25, 0.3) is 0 Å². The fourth-order valence-corrected chi connectivity index (χ4v) is 3.98. The van der Waals surface area contributed by atoms with Crippen LogP contribution in [0.25, 0.3) is 0 Å². The van der Waals surface area contributed by atoms with Crippen molar-refractivity contribution in [3.8, 4) is 6.07 Å². The molecule has 2 aliphatic rings. The number of ketones is 1. The maximum absolute atomic E-state index is 13.1. The van der Waals surface area contributed by atoms with Crippen LogP contribution in [0.1, 0.15) is 35.8 Å². The average Bonchev–Trinajstić information content (AvgIpc) is 2.68. The molecule has 2 aromatic carbocycles. The molecule has 0 bridgehead atoms. The second-order valence-corrected chi connectivity index (χ2v) is 7.19. The molecule has 4 nitrogen and oxygen atoms in total. The third kappa shape index (κ3) is 3.11. The minimum Gasteiger partial charge on any atom is -0.444 e. The van der Waals surface area contributed by atoms with Crippen molar-refractivity contribution in [2.75, 3.05) is 0 Å². The van der Waals surface area contributed by atoms with Gasteiger partial charge in [0.2, 0.25) is 5.88 Å². The van der Waals surface area contributed by atoms with Gasteiger partial charge in [-0.2, -0.15) is 5.26 Å². The molecule has 1 heterocycles. The Balaban J connectivity index is 1.79. The van der Waals surface area contributed by atoms with E-state index in [-0.39, 0.29) is 23.2 Å². The van der Waals surface area contributed by atoms with Crippen LogP contribution in [0.2, 0.25) is 5.02 Å². The molecule has 27 heavy (non-hydrogen) atoms. The van der Waals surface area contributed by atoms with Crippen LogP contribution in [-0.2, 0) is 9.53 Å². The number of nitriles is 1. The number of nitrogens with two attached hydrogens (primary N) is 1. The van der Waals surface area contributed by atoms with Gasteiger partial charge in [0.05, 0.1) is 5.92 Å². The number of hydrogen-bond acceptors (Lipinski definition) is 4. The summed E-state index contributed by atoms with van der Waals surface area (Å²) in [5.41, 5.74) is 8.75. The van der Waals surface area contributed by atoms with Gasteiger partial charge in [0.15, 0.2) is 5.78 Å². The number of carbonyl (C=O) groups is 1. The zero-order valence-corrected chi connectivity index (χ0v) is 15.2. The van der Waals surface area contributed by atoms with Crippen molar-refractivity contribution >= 4 is 17.4 Å². The summed E-state index contributed by atoms with van der Waals surface area (Å²) in [6.45, 7) is 0. The Hall–Kier alpha value is -3.03. The number of allylic oxidation sites excluding steroid dienone is 3. The highest BCUT2D eigenvalue weighted by molar-refractivity contribution is 6.30. The number of rotatable bonds is 2. The van der Waals surface area contributed by atoms with Crippen molar-refractivity contribution in [3.05, 3.63) is 93.5 Å². The van der Waals surface area contributed by atoms with Crippen molar-refractivity contribution in [1.82, 2.24) is 0 Å². The molecule has 0 radical (unpaired) electrons. The molecular weight excluding hydrogens is 360 g/mol. The predicted octanol–water partition coefficient (Wildman–Crippen LogP) is 4.55. The summed E-state index contributed by atoms with van der Waals surface area (Å²) in [6.07, 6.45) is 0.962. The summed E-state index contributed by atoms with van der Waals surface area (Å²) < 4.78 is 5.76. The van der Waals surface area contributed by atoms with Crippen LogP contribution in [0, 0.1) is 11.3 Å². The van der Waals surface area contributed by atoms with Gasteiger partial charge in [-0.25, -0.2) is 0 Å². The van der Waals surface area contributed by atoms with Crippen LogP contribution < -0.4 is 5.73 Å². The largest absolute Gasteiger partial charge is 0.444 e. The fraction of sp³-hybridized carbons (Fsp3) is 0.182. The predicted molar refractivity (Wildman–Crippen MR) is 103 cm³/mol.